The van der Waals surface area contributed by atoms with Crippen molar-refractivity contribution >= 4 is 17.8 Å². The lowest BCUT2D eigenvalue weighted by atomic mass is 9.91. The highest BCUT2D eigenvalue weighted by molar-refractivity contribution is 6.09. The summed E-state index contributed by atoms with van der Waals surface area (Å²) in [5.41, 5.74) is 0.161. The number of ether oxygens (including phenoxy) is 1. The molecule has 10 heteroatoms. The van der Waals surface area contributed by atoms with Gasteiger partial charge in [-0.25, -0.2) is 4.79 Å². The predicted octanol–water partition coefficient (Wildman–Crippen LogP) is 2.24. The minimum atomic E-state index is -2.93. The maximum Gasteiger partial charge on any atom is 0.387 e. The Bertz CT molecular complexity index is 1030. The van der Waals surface area contributed by atoms with Gasteiger partial charge in [0.25, 0.3) is 5.91 Å². The van der Waals surface area contributed by atoms with Gasteiger partial charge in [0.1, 0.15) is 17.8 Å². The monoisotopic (exact) mass is 428 g/mol. The number of halogens is 2. The Morgan fingerprint density at radius 1 is 1.19 bits per heavy atom. The second-order valence-corrected chi connectivity index (χ2v) is 6.93. The fourth-order valence-electron chi connectivity index (χ4n) is 3.10. The van der Waals surface area contributed by atoms with E-state index in [2.05, 4.69) is 15.4 Å². The van der Waals surface area contributed by atoms with Crippen LogP contribution in [-0.4, -0.2) is 35.9 Å². The number of carbonyl (C=O) groups is 3. The number of nitrogens with one attached hydrogen (secondary N) is 2. The molecule has 8 nitrogen and oxygen atoms in total. The first-order valence-electron chi connectivity index (χ1n) is 9.18. The van der Waals surface area contributed by atoms with Crippen LogP contribution < -0.4 is 15.4 Å². The standard InChI is InChI=1S/C21H18F2N4O4/c1-21(15-6-2-13(10-24)3-7-15)18(29)27(20(30)26-21)12-17(28)25-11-14-4-8-16(9-5-14)31-19(22)23/h2-9,19H,11-12H2,1H3,(H,25,28)(H,26,30). The van der Waals surface area contributed by atoms with Gasteiger partial charge in [0, 0.05) is 6.54 Å². The van der Waals surface area contributed by atoms with Crippen molar-refractivity contribution in [1.29, 1.82) is 5.26 Å². The summed E-state index contributed by atoms with van der Waals surface area (Å²) in [4.78, 5) is 38.2. The van der Waals surface area contributed by atoms with E-state index < -0.39 is 36.5 Å². The summed E-state index contributed by atoms with van der Waals surface area (Å²) >= 11 is 0. The first-order chi connectivity index (χ1) is 14.7. The van der Waals surface area contributed by atoms with Gasteiger partial charge < -0.3 is 15.4 Å². The number of carbonyl (C=O) groups excluding carboxylic acids is 3. The number of amides is 4. The molecule has 2 aromatic rings. The summed E-state index contributed by atoms with van der Waals surface area (Å²) in [5.74, 6) is -1.17. The summed E-state index contributed by atoms with van der Waals surface area (Å²) in [5, 5.41) is 14.1. The fraction of sp³-hybridized carbons (Fsp3) is 0.238. The Hall–Kier alpha value is -4.00. The van der Waals surface area contributed by atoms with Crippen molar-refractivity contribution in [2.45, 2.75) is 25.6 Å². The molecule has 1 atom stereocenters. The van der Waals surface area contributed by atoms with Crippen LogP contribution in [0.25, 0.3) is 0 Å². The van der Waals surface area contributed by atoms with E-state index in [0.29, 0.717) is 16.7 Å². The van der Waals surface area contributed by atoms with Gasteiger partial charge in [0.15, 0.2) is 0 Å². The highest BCUT2D eigenvalue weighted by atomic mass is 19.3. The SMILES string of the molecule is CC1(c2ccc(C#N)cc2)NC(=O)N(CC(=O)NCc2ccc(OC(F)F)cc2)C1=O. The number of benzene rings is 2. The molecule has 2 N–H and O–H groups in total. The molecule has 1 fully saturated rings. The summed E-state index contributed by atoms with van der Waals surface area (Å²) in [6, 6.07) is 13.2. The second kappa shape index (κ2) is 8.79. The summed E-state index contributed by atoms with van der Waals surface area (Å²) in [7, 11) is 0. The first kappa shape index (κ1) is 21.7. The smallest absolute Gasteiger partial charge is 0.387 e. The van der Waals surface area contributed by atoms with E-state index in [1.54, 1.807) is 12.1 Å². The number of alkyl halides is 2. The molecule has 0 aromatic heterocycles. The highest BCUT2D eigenvalue weighted by Crippen LogP contribution is 2.28. The molecular weight excluding hydrogens is 410 g/mol. The molecule has 1 aliphatic rings. The van der Waals surface area contributed by atoms with Crippen LogP contribution in [0.3, 0.4) is 0 Å². The molecule has 31 heavy (non-hydrogen) atoms. The zero-order valence-corrected chi connectivity index (χ0v) is 16.4. The topological polar surface area (TPSA) is 112 Å². The van der Waals surface area contributed by atoms with E-state index >= 15 is 0 Å². The maximum atomic E-state index is 12.9. The lowest BCUT2D eigenvalue weighted by molar-refractivity contribution is -0.134. The molecule has 2 aromatic carbocycles. The molecule has 160 valence electrons. The number of hydrogen-bond donors (Lipinski definition) is 2. The van der Waals surface area contributed by atoms with Crippen molar-refractivity contribution in [1.82, 2.24) is 15.5 Å². The lowest BCUT2D eigenvalue weighted by Crippen LogP contribution is -2.43. The van der Waals surface area contributed by atoms with E-state index in [9.17, 15) is 23.2 Å². The minimum absolute atomic E-state index is 0.00787. The molecule has 3 rings (SSSR count). The van der Waals surface area contributed by atoms with Gasteiger partial charge in [-0.15, -0.1) is 0 Å². The molecular formula is C21H18F2N4O4. The molecule has 1 aliphatic heterocycles. The number of imide groups is 1. The van der Waals surface area contributed by atoms with Crippen molar-refractivity contribution in [3.63, 3.8) is 0 Å². The van der Waals surface area contributed by atoms with E-state index in [0.717, 1.165) is 4.90 Å². The van der Waals surface area contributed by atoms with Crippen LogP contribution in [0.1, 0.15) is 23.6 Å². The van der Waals surface area contributed by atoms with E-state index in [-0.39, 0.29) is 12.3 Å². The van der Waals surface area contributed by atoms with Gasteiger partial charge in [-0.1, -0.05) is 24.3 Å². The average Bonchev–Trinajstić information content (AvgIpc) is 2.97. The van der Waals surface area contributed by atoms with Gasteiger partial charge >= 0.3 is 12.6 Å². The zero-order chi connectivity index (χ0) is 22.6. The van der Waals surface area contributed by atoms with Crippen molar-refractivity contribution in [2.75, 3.05) is 6.54 Å². The fourth-order valence-corrected chi connectivity index (χ4v) is 3.10. The minimum Gasteiger partial charge on any atom is -0.435 e. The quantitative estimate of drug-likeness (QED) is 0.657. The molecule has 0 spiro atoms. The number of nitrogens with zero attached hydrogens (tertiary/aromatic N) is 2. The molecule has 0 aliphatic carbocycles. The second-order valence-electron chi connectivity index (χ2n) is 6.93. The van der Waals surface area contributed by atoms with Crippen LogP contribution in [0.2, 0.25) is 0 Å². The van der Waals surface area contributed by atoms with Crippen LogP contribution in [-0.2, 0) is 21.7 Å². The Balaban J connectivity index is 1.60. The van der Waals surface area contributed by atoms with E-state index in [1.165, 1.54) is 43.3 Å². The number of rotatable bonds is 7. The molecule has 0 radical (unpaired) electrons. The number of hydrogen-bond acceptors (Lipinski definition) is 5. The number of nitriles is 1. The van der Waals surface area contributed by atoms with E-state index in [1.807, 2.05) is 6.07 Å². The Labute approximate surface area is 176 Å². The molecule has 1 saturated heterocycles. The number of urea groups is 1. The molecule has 1 heterocycles. The summed E-state index contributed by atoms with van der Waals surface area (Å²) in [6.07, 6.45) is 0. The zero-order valence-electron chi connectivity index (χ0n) is 16.4. The molecule has 0 saturated carbocycles. The van der Waals surface area contributed by atoms with Crippen molar-refractivity contribution < 1.29 is 27.9 Å². The Morgan fingerprint density at radius 2 is 1.84 bits per heavy atom. The predicted molar refractivity (Wildman–Crippen MR) is 104 cm³/mol. The first-order valence-corrected chi connectivity index (χ1v) is 9.18. The molecule has 0 bridgehead atoms. The van der Waals surface area contributed by atoms with Gasteiger partial charge in [0.2, 0.25) is 5.91 Å². The van der Waals surface area contributed by atoms with Crippen LogP contribution in [0.15, 0.2) is 48.5 Å². The van der Waals surface area contributed by atoms with Crippen LogP contribution in [0, 0.1) is 11.3 Å². The van der Waals surface area contributed by atoms with Gasteiger partial charge in [-0.2, -0.15) is 14.0 Å². The van der Waals surface area contributed by atoms with E-state index in [4.69, 9.17) is 5.26 Å². The normalized spacial score (nSPS) is 18.0. The summed E-state index contributed by atoms with van der Waals surface area (Å²) in [6.45, 7) is -1.81. The van der Waals surface area contributed by atoms with Crippen molar-refractivity contribution in [2.24, 2.45) is 0 Å². The van der Waals surface area contributed by atoms with Crippen LogP contribution in [0.4, 0.5) is 13.6 Å². The maximum absolute atomic E-state index is 12.9. The molecule has 4 amide bonds. The average molecular weight is 428 g/mol. The third-order valence-corrected chi connectivity index (χ3v) is 4.81. The molecule has 1 unspecified atom stereocenters. The van der Waals surface area contributed by atoms with Crippen LogP contribution >= 0.6 is 0 Å². The van der Waals surface area contributed by atoms with Gasteiger partial charge in [0.05, 0.1) is 11.6 Å². The highest BCUT2D eigenvalue weighted by Gasteiger charge is 2.49. The van der Waals surface area contributed by atoms with Crippen molar-refractivity contribution in [3.05, 3.63) is 65.2 Å². The third kappa shape index (κ3) is 4.78. The largest absolute Gasteiger partial charge is 0.435 e. The van der Waals surface area contributed by atoms with Crippen molar-refractivity contribution in [3.8, 4) is 11.8 Å². The van der Waals surface area contributed by atoms with Gasteiger partial charge in [-0.3, -0.25) is 14.5 Å². The third-order valence-electron chi connectivity index (χ3n) is 4.81. The van der Waals surface area contributed by atoms with Gasteiger partial charge in [-0.05, 0) is 42.3 Å². The lowest BCUT2D eigenvalue weighted by Gasteiger charge is -2.22. The Morgan fingerprint density at radius 3 is 2.42 bits per heavy atom. The summed E-state index contributed by atoms with van der Waals surface area (Å²) < 4.78 is 28.6. The van der Waals surface area contributed by atoms with Crippen LogP contribution in [0.5, 0.6) is 5.75 Å². The Kier molecular flexibility index (Phi) is 6.15.